The third kappa shape index (κ3) is 2.40. The van der Waals surface area contributed by atoms with Crippen LogP contribution in [0.5, 0.6) is 0 Å². The van der Waals surface area contributed by atoms with Gasteiger partial charge in [0.2, 0.25) is 0 Å². The lowest BCUT2D eigenvalue weighted by molar-refractivity contribution is 0.321. The normalized spacial score (nSPS) is 23.7. The summed E-state index contributed by atoms with van der Waals surface area (Å²) in [6, 6.07) is 15.1. The van der Waals surface area contributed by atoms with Crippen molar-refractivity contribution >= 4 is 9.84 Å². The van der Waals surface area contributed by atoms with Gasteiger partial charge in [-0.2, -0.15) is 0 Å². The van der Waals surface area contributed by atoms with Gasteiger partial charge in [-0.25, -0.2) is 8.42 Å². The summed E-state index contributed by atoms with van der Waals surface area (Å²) in [7, 11) is -3.29. The average Bonchev–Trinajstić information content (AvgIpc) is 3.35. The van der Waals surface area contributed by atoms with Gasteiger partial charge in [0.05, 0.1) is 22.1 Å². The Hall–Kier alpha value is -2.44. The molecule has 6 heteroatoms. The molecule has 3 aromatic rings. The molecule has 0 saturated carbocycles. The molecule has 1 aromatic carbocycles. The molecule has 2 aliphatic heterocycles. The van der Waals surface area contributed by atoms with E-state index in [4.69, 9.17) is 4.42 Å². The van der Waals surface area contributed by atoms with Gasteiger partial charge in [-0.1, -0.05) is 6.07 Å². The fraction of sp³-hybridized carbons (Fsp3) is 0.250. The van der Waals surface area contributed by atoms with Crippen LogP contribution in [0.3, 0.4) is 0 Å². The molecule has 2 aliphatic rings. The van der Waals surface area contributed by atoms with Crippen molar-refractivity contribution in [1.29, 1.82) is 0 Å². The van der Waals surface area contributed by atoms with E-state index in [0.717, 1.165) is 29.1 Å². The summed E-state index contributed by atoms with van der Waals surface area (Å²) in [4.78, 5) is 7.04. The SMILES string of the molecule is O=S1(=O)c2ccc(-c3ccco3)cc2[C@H]2CN(Cc3ccccn3)C[C@@H]21. The second-order valence-electron chi connectivity index (χ2n) is 6.94. The van der Waals surface area contributed by atoms with Crippen molar-refractivity contribution in [2.45, 2.75) is 22.6 Å². The molecule has 5 rings (SSSR count). The number of aromatic nitrogens is 1. The Morgan fingerprint density at radius 2 is 2.04 bits per heavy atom. The molecule has 0 spiro atoms. The number of sulfone groups is 1. The maximum Gasteiger partial charge on any atom is 0.183 e. The first-order valence-electron chi connectivity index (χ1n) is 8.67. The van der Waals surface area contributed by atoms with E-state index in [-0.39, 0.29) is 11.2 Å². The molecule has 0 N–H and O–H groups in total. The molecule has 0 radical (unpaired) electrons. The lowest BCUT2D eigenvalue weighted by atomic mass is 9.96. The number of benzene rings is 1. The quantitative estimate of drug-likeness (QED) is 0.713. The summed E-state index contributed by atoms with van der Waals surface area (Å²) in [5.41, 5.74) is 2.81. The number of pyridine rings is 1. The van der Waals surface area contributed by atoms with E-state index in [1.807, 2.05) is 42.5 Å². The summed E-state index contributed by atoms with van der Waals surface area (Å²) in [6.45, 7) is 1.96. The first-order chi connectivity index (χ1) is 12.6. The van der Waals surface area contributed by atoms with Crippen LogP contribution in [0.4, 0.5) is 0 Å². The lowest BCUT2D eigenvalue weighted by Gasteiger charge is -2.16. The van der Waals surface area contributed by atoms with E-state index in [9.17, 15) is 8.42 Å². The summed E-state index contributed by atoms with van der Waals surface area (Å²) >= 11 is 0. The zero-order valence-corrected chi connectivity index (χ0v) is 14.9. The maximum absolute atomic E-state index is 13.0. The van der Waals surface area contributed by atoms with Gasteiger partial charge in [0.15, 0.2) is 9.84 Å². The molecule has 132 valence electrons. The van der Waals surface area contributed by atoms with Crippen LogP contribution in [-0.2, 0) is 16.4 Å². The Labute approximate surface area is 152 Å². The van der Waals surface area contributed by atoms with Crippen LogP contribution < -0.4 is 0 Å². The van der Waals surface area contributed by atoms with Gasteiger partial charge in [0, 0.05) is 37.3 Å². The Morgan fingerprint density at radius 1 is 1.12 bits per heavy atom. The number of hydrogen-bond acceptors (Lipinski definition) is 5. The lowest BCUT2D eigenvalue weighted by Crippen LogP contribution is -2.26. The highest BCUT2D eigenvalue weighted by Crippen LogP contribution is 2.46. The zero-order chi connectivity index (χ0) is 17.7. The van der Waals surface area contributed by atoms with Crippen molar-refractivity contribution in [3.8, 4) is 11.3 Å². The van der Waals surface area contributed by atoms with Gasteiger partial charge in [-0.15, -0.1) is 0 Å². The van der Waals surface area contributed by atoms with E-state index >= 15 is 0 Å². The number of furan rings is 1. The van der Waals surface area contributed by atoms with Crippen LogP contribution in [0.25, 0.3) is 11.3 Å². The van der Waals surface area contributed by atoms with Crippen LogP contribution in [-0.4, -0.2) is 36.6 Å². The predicted octanol–water partition coefficient (Wildman–Crippen LogP) is 3.10. The molecule has 26 heavy (non-hydrogen) atoms. The van der Waals surface area contributed by atoms with Crippen molar-refractivity contribution < 1.29 is 12.8 Å². The molecule has 1 saturated heterocycles. The number of likely N-dealkylation sites (tertiary alicyclic amines) is 1. The van der Waals surface area contributed by atoms with Gasteiger partial charge < -0.3 is 4.42 Å². The highest BCUT2D eigenvalue weighted by molar-refractivity contribution is 7.92. The third-order valence-electron chi connectivity index (χ3n) is 5.37. The molecular formula is C20H18N2O3S. The van der Waals surface area contributed by atoms with Crippen LogP contribution in [0.15, 0.2) is 70.3 Å². The molecule has 1 fully saturated rings. The topological polar surface area (TPSA) is 63.4 Å². The number of fused-ring (bicyclic) bond motifs is 3. The second-order valence-corrected chi connectivity index (χ2v) is 9.07. The summed E-state index contributed by atoms with van der Waals surface area (Å²) in [5, 5.41) is -0.368. The van der Waals surface area contributed by atoms with Crippen molar-refractivity contribution in [3.05, 3.63) is 72.2 Å². The van der Waals surface area contributed by atoms with E-state index in [1.54, 1.807) is 18.5 Å². The van der Waals surface area contributed by atoms with E-state index < -0.39 is 9.84 Å². The third-order valence-corrected chi connectivity index (χ3v) is 7.63. The highest BCUT2D eigenvalue weighted by Gasteiger charge is 2.50. The first-order valence-corrected chi connectivity index (χ1v) is 10.2. The van der Waals surface area contributed by atoms with Gasteiger partial charge in [0.25, 0.3) is 0 Å². The minimum Gasteiger partial charge on any atom is -0.464 e. The predicted molar refractivity (Wildman–Crippen MR) is 97.4 cm³/mol. The van der Waals surface area contributed by atoms with Gasteiger partial charge in [0.1, 0.15) is 5.76 Å². The van der Waals surface area contributed by atoms with Crippen molar-refractivity contribution in [2.24, 2.45) is 0 Å². The Balaban J connectivity index is 1.49. The Bertz CT molecular complexity index is 1050. The fourth-order valence-electron chi connectivity index (χ4n) is 4.17. The highest BCUT2D eigenvalue weighted by atomic mass is 32.2. The van der Waals surface area contributed by atoms with Crippen LogP contribution in [0.2, 0.25) is 0 Å². The smallest absolute Gasteiger partial charge is 0.183 e. The minimum atomic E-state index is -3.29. The molecule has 2 aromatic heterocycles. The summed E-state index contributed by atoms with van der Waals surface area (Å²) in [6.07, 6.45) is 3.40. The van der Waals surface area contributed by atoms with E-state index in [1.165, 1.54) is 0 Å². The first kappa shape index (κ1) is 15.8. The molecule has 4 heterocycles. The standard InChI is InChI=1S/C20H18N2O3S/c23-26(24)19-7-6-14(18-5-3-9-25-18)10-16(19)17-12-22(13-20(17)26)11-15-4-1-2-8-21-15/h1-10,17,20H,11-13H2/t17-,20+/m1/s1. The molecule has 0 unspecified atom stereocenters. The number of rotatable bonds is 3. The second kappa shape index (κ2) is 5.79. The molecule has 0 bridgehead atoms. The van der Waals surface area contributed by atoms with Gasteiger partial charge in [-0.05, 0) is 48.0 Å². The van der Waals surface area contributed by atoms with Crippen molar-refractivity contribution in [1.82, 2.24) is 9.88 Å². The van der Waals surface area contributed by atoms with E-state index in [2.05, 4.69) is 9.88 Å². The van der Waals surface area contributed by atoms with Crippen molar-refractivity contribution in [3.63, 3.8) is 0 Å². The Morgan fingerprint density at radius 3 is 2.81 bits per heavy atom. The largest absolute Gasteiger partial charge is 0.464 e. The van der Waals surface area contributed by atoms with E-state index in [0.29, 0.717) is 18.0 Å². The van der Waals surface area contributed by atoms with Crippen molar-refractivity contribution in [2.75, 3.05) is 13.1 Å². The van der Waals surface area contributed by atoms with Gasteiger partial charge in [-0.3, -0.25) is 9.88 Å². The van der Waals surface area contributed by atoms with Crippen LogP contribution in [0, 0.1) is 0 Å². The maximum atomic E-state index is 13.0. The van der Waals surface area contributed by atoms with Gasteiger partial charge >= 0.3 is 0 Å². The Kier molecular flexibility index (Phi) is 3.52. The molecule has 0 amide bonds. The molecular weight excluding hydrogens is 348 g/mol. The number of nitrogens with zero attached hydrogens (tertiary/aromatic N) is 2. The monoisotopic (exact) mass is 366 g/mol. The molecule has 5 nitrogen and oxygen atoms in total. The minimum absolute atomic E-state index is 0.00799. The van der Waals surface area contributed by atoms with Crippen LogP contribution >= 0.6 is 0 Å². The number of hydrogen-bond donors (Lipinski definition) is 0. The average molecular weight is 366 g/mol. The summed E-state index contributed by atoms with van der Waals surface area (Å²) < 4.78 is 31.5. The zero-order valence-electron chi connectivity index (χ0n) is 14.1. The van der Waals surface area contributed by atoms with Crippen LogP contribution in [0.1, 0.15) is 17.2 Å². The molecule has 0 aliphatic carbocycles. The summed E-state index contributed by atoms with van der Waals surface area (Å²) in [5.74, 6) is 0.769. The fourth-order valence-corrected chi connectivity index (χ4v) is 6.37. The molecule has 2 atom stereocenters.